The largest absolute Gasteiger partial charge is 0.396 e. The van der Waals surface area contributed by atoms with E-state index in [1.54, 1.807) is 0 Å². The van der Waals surface area contributed by atoms with Crippen LogP contribution in [0.15, 0.2) is 18.2 Å². The number of nitrogens with zero attached hydrogens (tertiary/aromatic N) is 2. The molecule has 0 aliphatic heterocycles. The summed E-state index contributed by atoms with van der Waals surface area (Å²) in [5.41, 5.74) is 7.97. The minimum atomic E-state index is -0.243. The van der Waals surface area contributed by atoms with Crippen molar-refractivity contribution < 1.29 is 5.11 Å². The van der Waals surface area contributed by atoms with Gasteiger partial charge in [0.15, 0.2) is 0 Å². The van der Waals surface area contributed by atoms with Crippen LogP contribution in [0.2, 0.25) is 5.02 Å². The summed E-state index contributed by atoms with van der Waals surface area (Å²) in [6, 6.07) is 5.43. The third kappa shape index (κ3) is 2.51. The van der Waals surface area contributed by atoms with Gasteiger partial charge in [-0.2, -0.15) is 0 Å². The first-order valence-corrected chi connectivity index (χ1v) is 6.57. The van der Waals surface area contributed by atoms with Gasteiger partial charge in [0.05, 0.1) is 17.1 Å². The number of aryl methyl sites for hydroxylation is 1. The van der Waals surface area contributed by atoms with E-state index in [0.29, 0.717) is 11.4 Å². The molecule has 0 amide bonds. The SMILES string of the molecule is CCCn1c(C(N)CCO)nc2cc(Cl)ccc21. The molecule has 98 valence electrons. The molecule has 1 aromatic carbocycles. The van der Waals surface area contributed by atoms with Crippen LogP contribution in [0, 0.1) is 0 Å². The molecule has 2 rings (SSSR count). The minimum Gasteiger partial charge on any atom is -0.396 e. The zero-order valence-electron chi connectivity index (χ0n) is 10.4. The molecule has 0 fully saturated rings. The van der Waals surface area contributed by atoms with Crippen LogP contribution < -0.4 is 5.73 Å². The Hall–Kier alpha value is -1.10. The first-order valence-electron chi connectivity index (χ1n) is 6.19. The van der Waals surface area contributed by atoms with E-state index in [2.05, 4.69) is 16.5 Å². The van der Waals surface area contributed by atoms with Crippen LogP contribution in [0.1, 0.15) is 31.6 Å². The molecule has 0 aliphatic rings. The van der Waals surface area contributed by atoms with Crippen LogP contribution in [-0.2, 0) is 6.54 Å². The summed E-state index contributed by atoms with van der Waals surface area (Å²) in [5, 5.41) is 9.67. The number of benzene rings is 1. The molecule has 1 atom stereocenters. The fourth-order valence-electron chi connectivity index (χ4n) is 2.13. The standard InChI is InChI=1S/C13H18ClN3O/c1-2-6-17-12-4-3-9(14)8-11(12)16-13(17)10(15)5-7-18/h3-4,8,10,18H,2,5-7,15H2,1H3. The van der Waals surface area contributed by atoms with Crippen LogP contribution in [0.4, 0.5) is 0 Å². The number of hydrogen-bond donors (Lipinski definition) is 2. The Labute approximate surface area is 111 Å². The van der Waals surface area contributed by atoms with Crippen molar-refractivity contribution in [1.82, 2.24) is 9.55 Å². The van der Waals surface area contributed by atoms with Crippen molar-refractivity contribution in [2.45, 2.75) is 32.4 Å². The van der Waals surface area contributed by atoms with E-state index in [-0.39, 0.29) is 12.6 Å². The topological polar surface area (TPSA) is 64.1 Å². The Kier molecular flexibility index (Phi) is 4.22. The molecule has 1 aromatic heterocycles. The highest BCUT2D eigenvalue weighted by Crippen LogP contribution is 2.24. The normalized spacial score (nSPS) is 13.1. The van der Waals surface area contributed by atoms with E-state index in [9.17, 15) is 0 Å². The molecule has 0 bridgehead atoms. The molecule has 1 heterocycles. The van der Waals surface area contributed by atoms with E-state index < -0.39 is 0 Å². The highest BCUT2D eigenvalue weighted by molar-refractivity contribution is 6.31. The van der Waals surface area contributed by atoms with Crippen LogP contribution in [0.3, 0.4) is 0 Å². The molecule has 0 saturated carbocycles. The third-order valence-corrected chi connectivity index (χ3v) is 3.19. The second-order valence-electron chi connectivity index (χ2n) is 4.37. The quantitative estimate of drug-likeness (QED) is 0.875. The molecule has 3 N–H and O–H groups in total. The van der Waals surface area contributed by atoms with Crippen molar-refractivity contribution >= 4 is 22.6 Å². The molecule has 4 nitrogen and oxygen atoms in total. The summed E-state index contributed by atoms with van der Waals surface area (Å²) in [6.45, 7) is 3.05. The summed E-state index contributed by atoms with van der Waals surface area (Å²) in [7, 11) is 0. The molecule has 5 heteroatoms. The van der Waals surface area contributed by atoms with Crippen molar-refractivity contribution in [3.8, 4) is 0 Å². The van der Waals surface area contributed by atoms with Crippen molar-refractivity contribution in [2.75, 3.05) is 6.61 Å². The number of nitrogens with two attached hydrogens (primary N) is 1. The van der Waals surface area contributed by atoms with Gasteiger partial charge in [0, 0.05) is 18.2 Å². The Morgan fingerprint density at radius 2 is 2.28 bits per heavy atom. The Balaban J connectivity index is 2.53. The molecule has 0 radical (unpaired) electrons. The maximum absolute atomic E-state index is 9.00. The minimum absolute atomic E-state index is 0.0667. The van der Waals surface area contributed by atoms with Crippen molar-refractivity contribution in [1.29, 1.82) is 0 Å². The zero-order valence-corrected chi connectivity index (χ0v) is 11.2. The number of halogens is 1. The monoisotopic (exact) mass is 267 g/mol. The predicted octanol–water partition coefficient (Wildman–Crippen LogP) is 2.48. The van der Waals surface area contributed by atoms with Crippen LogP contribution >= 0.6 is 11.6 Å². The number of aromatic nitrogens is 2. The summed E-state index contributed by atoms with van der Waals surface area (Å²) >= 11 is 5.98. The second-order valence-corrected chi connectivity index (χ2v) is 4.81. The number of imidazole rings is 1. The molecule has 18 heavy (non-hydrogen) atoms. The van der Waals surface area contributed by atoms with Gasteiger partial charge < -0.3 is 15.4 Å². The lowest BCUT2D eigenvalue weighted by molar-refractivity contribution is 0.273. The maximum Gasteiger partial charge on any atom is 0.126 e. The molecule has 0 saturated heterocycles. The molecule has 0 aliphatic carbocycles. The number of aliphatic hydroxyl groups is 1. The highest BCUT2D eigenvalue weighted by atomic mass is 35.5. The summed E-state index contributed by atoms with van der Waals surface area (Å²) in [4.78, 5) is 4.55. The molecule has 0 spiro atoms. The lowest BCUT2D eigenvalue weighted by Gasteiger charge is -2.12. The summed E-state index contributed by atoms with van der Waals surface area (Å²) in [6.07, 6.45) is 1.52. The van der Waals surface area contributed by atoms with Gasteiger partial charge in [-0.05, 0) is 31.0 Å². The average Bonchev–Trinajstić information content (AvgIpc) is 2.68. The second kappa shape index (κ2) is 5.69. The first kappa shape index (κ1) is 13.3. The summed E-state index contributed by atoms with van der Waals surface area (Å²) < 4.78 is 2.12. The third-order valence-electron chi connectivity index (χ3n) is 2.96. The van der Waals surface area contributed by atoms with Crippen LogP contribution in [0.5, 0.6) is 0 Å². The zero-order chi connectivity index (χ0) is 13.1. The lowest BCUT2D eigenvalue weighted by atomic mass is 10.2. The van der Waals surface area contributed by atoms with Gasteiger partial charge in [0.1, 0.15) is 5.82 Å². The van der Waals surface area contributed by atoms with Gasteiger partial charge in [-0.25, -0.2) is 4.98 Å². The Bertz CT molecular complexity index is 538. The molecular formula is C13H18ClN3O. The van der Waals surface area contributed by atoms with Gasteiger partial charge >= 0.3 is 0 Å². The number of rotatable bonds is 5. The van der Waals surface area contributed by atoms with Crippen LogP contribution in [0.25, 0.3) is 11.0 Å². The first-order chi connectivity index (χ1) is 8.67. The molecule has 1 unspecified atom stereocenters. The molecule has 2 aromatic rings. The van der Waals surface area contributed by atoms with Gasteiger partial charge in [0.2, 0.25) is 0 Å². The maximum atomic E-state index is 9.00. The molecular weight excluding hydrogens is 250 g/mol. The summed E-state index contributed by atoms with van der Waals surface area (Å²) in [5.74, 6) is 0.822. The van der Waals surface area contributed by atoms with Gasteiger partial charge in [-0.3, -0.25) is 0 Å². The van der Waals surface area contributed by atoms with E-state index in [1.165, 1.54) is 0 Å². The van der Waals surface area contributed by atoms with Crippen molar-refractivity contribution in [2.24, 2.45) is 5.73 Å². The van der Waals surface area contributed by atoms with Gasteiger partial charge in [0.25, 0.3) is 0 Å². The smallest absolute Gasteiger partial charge is 0.126 e. The number of fused-ring (bicyclic) bond motifs is 1. The fraction of sp³-hybridized carbons (Fsp3) is 0.462. The van der Waals surface area contributed by atoms with Gasteiger partial charge in [-0.15, -0.1) is 0 Å². The highest BCUT2D eigenvalue weighted by Gasteiger charge is 2.16. The Morgan fingerprint density at radius 3 is 2.94 bits per heavy atom. The van der Waals surface area contributed by atoms with Gasteiger partial charge in [-0.1, -0.05) is 18.5 Å². The van der Waals surface area contributed by atoms with Crippen LogP contribution in [-0.4, -0.2) is 21.3 Å². The van der Waals surface area contributed by atoms with E-state index >= 15 is 0 Å². The lowest BCUT2D eigenvalue weighted by Crippen LogP contribution is -2.18. The fourth-order valence-corrected chi connectivity index (χ4v) is 2.30. The van der Waals surface area contributed by atoms with E-state index in [1.807, 2.05) is 18.2 Å². The number of aliphatic hydroxyl groups excluding tert-OH is 1. The average molecular weight is 268 g/mol. The van der Waals surface area contributed by atoms with Crippen molar-refractivity contribution in [3.63, 3.8) is 0 Å². The number of hydrogen-bond acceptors (Lipinski definition) is 3. The van der Waals surface area contributed by atoms with Crippen molar-refractivity contribution in [3.05, 3.63) is 29.0 Å². The Morgan fingerprint density at radius 1 is 1.50 bits per heavy atom. The van der Waals surface area contributed by atoms with E-state index in [0.717, 1.165) is 29.8 Å². The van der Waals surface area contributed by atoms with E-state index in [4.69, 9.17) is 22.4 Å². The predicted molar refractivity (Wildman–Crippen MR) is 73.7 cm³/mol.